The first kappa shape index (κ1) is 13.5. The van der Waals surface area contributed by atoms with Crippen LogP contribution in [0.15, 0.2) is 16.6 Å². The number of likely N-dealkylation sites (N-methyl/N-ethyl adjacent to an activating group) is 1. The fourth-order valence-corrected chi connectivity index (χ4v) is 4.06. The summed E-state index contributed by atoms with van der Waals surface area (Å²) < 4.78 is 0.663. The number of rotatable bonds is 1. The summed E-state index contributed by atoms with van der Waals surface area (Å²) in [5.74, 6) is 0.00778. The van der Waals surface area contributed by atoms with E-state index in [1.54, 1.807) is 7.05 Å². The normalized spacial score (nSPS) is 20.3. The van der Waals surface area contributed by atoms with Gasteiger partial charge in [-0.25, -0.2) is 0 Å². The molecule has 1 aliphatic heterocycles. The Morgan fingerprint density at radius 2 is 1.95 bits per heavy atom. The van der Waals surface area contributed by atoms with E-state index in [1.807, 2.05) is 6.07 Å². The van der Waals surface area contributed by atoms with E-state index in [-0.39, 0.29) is 11.6 Å². The molecule has 1 aliphatic carbocycles. The van der Waals surface area contributed by atoms with Gasteiger partial charge in [0.1, 0.15) is 5.69 Å². The van der Waals surface area contributed by atoms with Crippen molar-refractivity contribution >= 4 is 33.2 Å². The third kappa shape index (κ3) is 1.70. The highest BCUT2D eigenvalue weighted by Crippen LogP contribution is 2.53. The van der Waals surface area contributed by atoms with Gasteiger partial charge in [0.05, 0.1) is 10.3 Å². The molecule has 0 unspecified atom stereocenters. The maximum Gasteiger partial charge on any atom is 0.294 e. The number of carbonyl (C=O) groups is 1. The number of anilines is 1. The zero-order valence-electron chi connectivity index (χ0n) is 11.2. The van der Waals surface area contributed by atoms with Crippen molar-refractivity contribution in [1.29, 1.82) is 0 Å². The summed E-state index contributed by atoms with van der Waals surface area (Å²) >= 11 is 3.34. The molecule has 0 bridgehead atoms. The lowest BCUT2D eigenvalue weighted by atomic mass is 9.70. The van der Waals surface area contributed by atoms with Crippen molar-refractivity contribution < 1.29 is 9.72 Å². The van der Waals surface area contributed by atoms with Crippen LogP contribution >= 0.6 is 15.9 Å². The molecule has 1 heterocycles. The Morgan fingerprint density at radius 3 is 2.55 bits per heavy atom. The molecular formula is C14H15BrN2O3. The summed E-state index contributed by atoms with van der Waals surface area (Å²) in [4.78, 5) is 25.1. The average molecular weight is 339 g/mol. The lowest BCUT2D eigenvalue weighted by molar-refractivity contribution is -0.384. The Kier molecular flexibility index (Phi) is 3.08. The van der Waals surface area contributed by atoms with E-state index in [1.165, 1.54) is 11.0 Å². The van der Waals surface area contributed by atoms with Crippen LogP contribution in [0.3, 0.4) is 0 Å². The molecule has 0 N–H and O–H groups in total. The van der Waals surface area contributed by atoms with E-state index in [9.17, 15) is 14.9 Å². The summed E-state index contributed by atoms with van der Waals surface area (Å²) in [6.45, 7) is 0. The molecule has 1 aromatic rings. The van der Waals surface area contributed by atoms with Crippen molar-refractivity contribution in [3.63, 3.8) is 0 Å². The van der Waals surface area contributed by atoms with Crippen LogP contribution in [0.2, 0.25) is 0 Å². The number of nitro groups is 1. The summed E-state index contributed by atoms with van der Waals surface area (Å²) in [6.07, 6.45) is 4.70. The fourth-order valence-electron chi connectivity index (χ4n) is 3.62. The molecule has 1 aromatic carbocycles. The number of nitrogens with zero attached hydrogens (tertiary/aromatic N) is 2. The molecule has 6 heteroatoms. The van der Waals surface area contributed by atoms with Crippen LogP contribution in [-0.2, 0) is 10.2 Å². The highest BCUT2D eigenvalue weighted by atomic mass is 79.9. The van der Waals surface area contributed by atoms with E-state index in [0.29, 0.717) is 10.2 Å². The average Bonchev–Trinajstić information content (AvgIpc) is 2.62. The maximum absolute atomic E-state index is 12.7. The van der Waals surface area contributed by atoms with Crippen LogP contribution in [0.5, 0.6) is 0 Å². The third-order valence-corrected chi connectivity index (χ3v) is 4.98. The first-order valence-electron chi connectivity index (χ1n) is 6.74. The topological polar surface area (TPSA) is 63.5 Å². The number of hydrogen-bond donors (Lipinski definition) is 0. The van der Waals surface area contributed by atoms with Gasteiger partial charge < -0.3 is 4.90 Å². The molecule has 0 radical (unpaired) electrons. The van der Waals surface area contributed by atoms with Crippen LogP contribution in [0.4, 0.5) is 11.4 Å². The second-order valence-corrected chi connectivity index (χ2v) is 6.50. The van der Waals surface area contributed by atoms with Gasteiger partial charge in [0.2, 0.25) is 5.91 Å². The number of halogens is 1. The summed E-state index contributed by atoms with van der Waals surface area (Å²) in [5, 5.41) is 11.3. The van der Waals surface area contributed by atoms with Gasteiger partial charge in [0.25, 0.3) is 5.69 Å². The molecule has 5 nitrogen and oxygen atoms in total. The van der Waals surface area contributed by atoms with Crippen LogP contribution in [0, 0.1) is 10.1 Å². The predicted molar refractivity (Wildman–Crippen MR) is 79.0 cm³/mol. The number of fused-ring (bicyclic) bond motifs is 2. The van der Waals surface area contributed by atoms with Crippen molar-refractivity contribution in [1.82, 2.24) is 0 Å². The molecule has 0 saturated heterocycles. The number of amides is 1. The smallest absolute Gasteiger partial charge is 0.294 e. The van der Waals surface area contributed by atoms with Gasteiger partial charge in [-0.15, -0.1) is 0 Å². The molecule has 0 atom stereocenters. The van der Waals surface area contributed by atoms with E-state index in [4.69, 9.17) is 0 Å². The molecule has 1 spiro atoms. The first-order chi connectivity index (χ1) is 9.47. The number of benzene rings is 1. The molecule has 1 saturated carbocycles. The van der Waals surface area contributed by atoms with Crippen molar-refractivity contribution in [3.8, 4) is 0 Å². The van der Waals surface area contributed by atoms with Crippen molar-refractivity contribution in [2.24, 2.45) is 0 Å². The van der Waals surface area contributed by atoms with E-state index in [0.717, 1.165) is 37.7 Å². The number of nitro benzene ring substituents is 1. The molecule has 20 heavy (non-hydrogen) atoms. The Balaban J connectivity index is 2.27. The Morgan fingerprint density at radius 1 is 1.30 bits per heavy atom. The second-order valence-electron chi connectivity index (χ2n) is 5.59. The van der Waals surface area contributed by atoms with Gasteiger partial charge in [-0.2, -0.15) is 0 Å². The minimum absolute atomic E-state index is 0.00711. The molecular weight excluding hydrogens is 324 g/mol. The lowest BCUT2D eigenvalue weighted by Gasteiger charge is -2.32. The molecule has 1 amide bonds. The molecule has 106 valence electrons. The minimum Gasteiger partial charge on any atom is -0.309 e. The molecule has 2 aliphatic rings. The zero-order valence-corrected chi connectivity index (χ0v) is 12.8. The molecule has 1 fully saturated rings. The van der Waals surface area contributed by atoms with Crippen molar-refractivity contribution in [3.05, 3.63) is 32.3 Å². The zero-order chi connectivity index (χ0) is 14.5. The monoisotopic (exact) mass is 338 g/mol. The van der Waals surface area contributed by atoms with Gasteiger partial charge >= 0.3 is 0 Å². The minimum atomic E-state index is -0.545. The van der Waals surface area contributed by atoms with Crippen LogP contribution < -0.4 is 4.90 Å². The molecule has 3 rings (SSSR count). The summed E-state index contributed by atoms with van der Waals surface area (Å²) in [6, 6.07) is 3.36. The van der Waals surface area contributed by atoms with Crippen molar-refractivity contribution in [2.75, 3.05) is 11.9 Å². The second kappa shape index (κ2) is 4.55. The van der Waals surface area contributed by atoms with Gasteiger partial charge in [0.15, 0.2) is 0 Å². The number of carbonyl (C=O) groups excluding carboxylic acids is 1. The summed E-state index contributed by atoms with van der Waals surface area (Å²) in [5.41, 5.74) is 0.764. The van der Waals surface area contributed by atoms with Gasteiger partial charge in [-0.05, 0) is 24.5 Å². The maximum atomic E-state index is 12.7. The highest BCUT2D eigenvalue weighted by molar-refractivity contribution is 9.10. The van der Waals surface area contributed by atoms with Crippen LogP contribution in [-0.4, -0.2) is 17.9 Å². The van der Waals surface area contributed by atoms with Crippen molar-refractivity contribution in [2.45, 2.75) is 37.5 Å². The standard InChI is InChI=1S/C14H15BrN2O3/c1-16-12-10(7-9(15)8-11(12)17(19)20)14(13(16)18)5-3-2-4-6-14/h7-8H,2-6H2,1H3. The third-order valence-electron chi connectivity index (χ3n) is 4.52. The van der Waals surface area contributed by atoms with Gasteiger partial charge in [-0.1, -0.05) is 35.2 Å². The molecule has 0 aromatic heterocycles. The van der Waals surface area contributed by atoms with Crippen LogP contribution in [0.25, 0.3) is 0 Å². The summed E-state index contributed by atoms with van der Waals surface area (Å²) in [7, 11) is 1.64. The SMILES string of the molecule is CN1C(=O)C2(CCCCC2)c2cc(Br)cc([N+](=O)[O-])c21. The quantitative estimate of drug-likeness (QED) is 0.581. The Labute approximate surface area is 125 Å². The first-order valence-corrected chi connectivity index (χ1v) is 7.53. The van der Waals surface area contributed by atoms with E-state index in [2.05, 4.69) is 15.9 Å². The predicted octanol–water partition coefficient (Wildman–Crippen LogP) is 3.54. The largest absolute Gasteiger partial charge is 0.309 e. The van der Waals surface area contributed by atoms with Gasteiger partial charge in [-0.3, -0.25) is 14.9 Å². The fraction of sp³-hybridized carbons (Fsp3) is 0.500. The van der Waals surface area contributed by atoms with E-state index < -0.39 is 10.3 Å². The Hall–Kier alpha value is -1.43. The van der Waals surface area contributed by atoms with Gasteiger partial charge in [0, 0.05) is 17.6 Å². The van der Waals surface area contributed by atoms with Crippen LogP contribution in [0.1, 0.15) is 37.7 Å². The highest BCUT2D eigenvalue weighted by Gasteiger charge is 2.52. The number of hydrogen-bond acceptors (Lipinski definition) is 3. The van der Waals surface area contributed by atoms with E-state index >= 15 is 0 Å². The lowest BCUT2D eigenvalue weighted by Crippen LogP contribution is -2.40. The Bertz CT molecular complexity index is 609.